The quantitative estimate of drug-likeness (QED) is 0.798. The highest BCUT2D eigenvalue weighted by atomic mass is 35.5. The molecule has 1 amide bonds. The number of halogens is 3. The van der Waals surface area contributed by atoms with Crippen LogP contribution in [0.3, 0.4) is 0 Å². The zero-order valence-electron chi connectivity index (χ0n) is 13.0. The van der Waals surface area contributed by atoms with Crippen molar-refractivity contribution in [1.29, 1.82) is 0 Å². The van der Waals surface area contributed by atoms with Crippen LogP contribution in [-0.4, -0.2) is 20.5 Å². The lowest BCUT2D eigenvalue weighted by atomic mass is 9.90. The molecule has 1 heterocycles. The van der Waals surface area contributed by atoms with Crippen molar-refractivity contribution in [3.05, 3.63) is 75.2 Å². The first-order valence-corrected chi connectivity index (χ1v) is 9.88. The number of sulfonamides is 1. The summed E-state index contributed by atoms with van der Waals surface area (Å²) in [7, 11) is -4.10. The molecule has 0 spiro atoms. The second-order valence-electron chi connectivity index (χ2n) is 5.42. The number of rotatable bonds is 4. The van der Waals surface area contributed by atoms with Gasteiger partial charge in [-0.15, -0.1) is 0 Å². The van der Waals surface area contributed by atoms with E-state index in [-0.39, 0.29) is 9.92 Å². The Labute approximate surface area is 165 Å². The first kappa shape index (κ1) is 18.9. The van der Waals surface area contributed by atoms with E-state index in [9.17, 15) is 13.2 Å². The number of nitrogens with one attached hydrogen (secondary N) is 1. The van der Waals surface area contributed by atoms with Gasteiger partial charge < -0.3 is 0 Å². The van der Waals surface area contributed by atoms with Crippen molar-refractivity contribution < 1.29 is 13.2 Å². The minimum Gasteiger partial charge on any atom is -0.270 e. The van der Waals surface area contributed by atoms with E-state index >= 15 is 0 Å². The predicted octanol–water partition coefficient (Wildman–Crippen LogP) is 3.99. The van der Waals surface area contributed by atoms with Crippen molar-refractivity contribution in [2.75, 3.05) is 0 Å². The van der Waals surface area contributed by atoms with Crippen LogP contribution in [0, 0.1) is 0 Å². The summed E-state index contributed by atoms with van der Waals surface area (Å²) in [6.45, 7) is 0. The molecule has 0 radical (unpaired) electrons. The molecule has 0 fully saturated rings. The van der Waals surface area contributed by atoms with Crippen molar-refractivity contribution in [3.8, 4) is 0 Å². The van der Waals surface area contributed by atoms with Crippen LogP contribution in [-0.2, 0) is 20.4 Å². The molecule has 1 N–H and O–H groups in total. The minimum absolute atomic E-state index is 0.0921. The van der Waals surface area contributed by atoms with Crippen molar-refractivity contribution in [1.82, 2.24) is 4.72 Å². The number of hydrogen-bond acceptors (Lipinski definition) is 4. The fourth-order valence-corrected chi connectivity index (χ4v) is 3.86. The molecule has 0 saturated carbocycles. The van der Waals surface area contributed by atoms with Crippen LogP contribution in [0.1, 0.15) is 5.56 Å². The van der Waals surface area contributed by atoms with E-state index in [1.165, 1.54) is 48.7 Å². The molecule has 3 rings (SSSR count). The van der Waals surface area contributed by atoms with Crippen LogP contribution < -0.4 is 4.72 Å². The van der Waals surface area contributed by atoms with Crippen LogP contribution in [0.5, 0.6) is 0 Å². The first-order chi connectivity index (χ1) is 12.2. The third-order valence-corrected chi connectivity index (χ3v) is 6.10. The van der Waals surface area contributed by atoms with Gasteiger partial charge in [0.15, 0.2) is 5.54 Å². The van der Waals surface area contributed by atoms with Gasteiger partial charge in [-0.05, 0) is 54.1 Å². The zero-order chi connectivity index (χ0) is 18.9. The highest BCUT2D eigenvalue weighted by Gasteiger charge is 2.41. The number of carbonyl (C=O) groups excluding carboxylic acids is 1. The van der Waals surface area contributed by atoms with Gasteiger partial charge in [-0.2, -0.15) is 0 Å². The molecule has 26 heavy (non-hydrogen) atoms. The van der Waals surface area contributed by atoms with Gasteiger partial charge in [0.2, 0.25) is 0 Å². The predicted molar refractivity (Wildman–Crippen MR) is 103 cm³/mol. The third kappa shape index (κ3) is 3.50. The Balaban J connectivity index is 1.98. The number of nitrogens with zero attached hydrogens (tertiary/aromatic N) is 1. The molecule has 0 bridgehead atoms. The van der Waals surface area contributed by atoms with Gasteiger partial charge in [-0.3, -0.25) is 9.79 Å². The van der Waals surface area contributed by atoms with Gasteiger partial charge in [-0.1, -0.05) is 40.9 Å². The maximum Gasteiger partial charge on any atom is 0.270 e. The lowest BCUT2D eigenvalue weighted by molar-refractivity contribution is -0.123. The average Bonchev–Trinajstić information content (AvgIpc) is 3.08. The molecule has 134 valence electrons. The van der Waals surface area contributed by atoms with Crippen molar-refractivity contribution in [2.24, 2.45) is 4.99 Å². The van der Waals surface area contributed by atoms with E-state index in [2.05, 4.69) is 9.71 Å². The molecule has 0 aromatic heterocycles. The van der Waals surface area contributed by atoms with Crippen molar-refractivity contribution in [3.63, 3.8) is 0 Å². The molecule has 0 saturated heterocycles. The van der Waals surface area contributed by atoms with Gasteiger partial charge in [0.1, 0.15) is 0 Å². The summed E-state index contributed by atoms with van der Waals surface area (Å²) in [6.07, 6.45) is 4.45. The fraction of sp³-hybridized carbons (Fsp3) is 0.0588. The highest BCUT2D eigenvalue weighted by molar-refractivity contribution is 7.90. The number of benzene rings is 2. The molecule has 1 atom stereocenters. The Morgan fingerprint density at radius 3 is 2.27 bits per heavy atom. The van der Waals surface area contributed by atoms with Gasteiger partial charge in [-0.25, -0.2) is 13.1 Å². The Hall–Kier alpha value is -1.86. The normalized spacial score (nSPS) is 18.9. The molecular formula is C17H11Cl3N2O3S. The van der Waals surface area contributed by atoms with Gasteiger partial charge in [0, 0.05) is 11.2 Å². The summed E-state index contributed by atoms with van der Waals surface area (Å²) in [6, 6.07) is 10.0. The number of amides is 1. The SMILES string of the molecule is O=C(NS(=O)(=O)c1ccc(Cl)cc1)C1(c2ccc(Cl)c(Cl)c2)C=CC=N1. The Kier molecular flexibility index (Phi) is 5.12. The lowest BCUT2D eigenvalue weighted by Gasteiger charge is -2.24. The molecule has 0 aliphatic carbocycles. The van der Waals surface area contributed by atoms with Gasteiger partial charge >= 0.3 is 0 Å². The van der Waals surface area contributed by atoms with Crippen molar-refractivity contribution in [2.45, 2.75) is 10.4 Å². The summed E-state index contributed by atoms with van der Waals surface area (Å²) < 4.78 is 27.1. The fourth-order valence-electron chi connectivity index (χ4n) is 2.43. The lowest BCUT2D eigenvalue weighted by Crippen LogP contribution is -2.43. The van der Waals surface area contributed by atoms with Crippen LogP contribution in [0.25, 0.3) is 0 Å². The minimum atomic E-state index is -4.10. The first-order valence-electron chi connectivity index (χ1n) is 7.26. The van der Waals surface area contributed by atoms with E-state index < -0.39 is 21.5 Å². The Morgan fingerprint density at radius 1 is 1.00 bits per heavy atom. The molecule has 2 aromatic rings. The number of aliphatic imine (C=N–C) groups is 1. The second-order valence-corrected chi connectivity index (χ2v) is 8.35. The monoisotopic (exact) mass is 428 g/mol. The number of hydrogen-bond donors (Lipinski definition) is 1. The molecule has 2 aromatic carbocycles. The van der Waals surface area contributed by atoms with E-state index in [1.807, 2.05) is 0 Å². The molecule has 9 heteroatoms. The smallest absolute Gasteiger partial charge is 0.270 e. The zero-order valence-corrected chi connectivity index (χ0v) is 16.1. The highest BCUT2D eigenvalue weighted by Crippen LogP contribution is 2.35. The largest absolute Gasteiger partial charge is 0.270 e. The molecule has 5 nitrogen and oxygen atoms in total. The molecular weight excluding hydrogens is 419 g/mol. The van der Waals surface area contributed by atoms with Crippen molar-refractivity contribution >= 4 is 56.9 Å². The molecule has 1 aliphatic rings. The Morgan fingerprint density at radius 2 is 1.69 bits per heavy atom. The second kappa shape index (κ2) is 7.04. The maximum absolute atomic E-state index is 12.9. The summed E-state index contributed by atoms with van der Waals surface area (Å²) in [5, 5.41) is 0.920. The van der Waals surface area contributed by atoms with Crippen LogP contribution in [0.4, 0.5) is 0 Å². The van der Waals surface area contributed by atoms with E-state index in [1.54, 1.807) is 12.1 Å². The maximum atomic E-state index is 12.9. The molecule has 1 unspecified atom stereocenters. The third-order valence-electron chi connectivity index (χ3n) is 3.76. The van der Waals surface area contributed by atoms with Crippen LogP contribution in [0.2, 0.25) is 15.1 Å². The number of allylic oxidation sites excluding steroid dienone is 1. The van der Waals surface area contributed by atoms with E-state index in [0.717, 1.165) is 0 Å². The van der Waals surface area contributed by atoms with Gasteiger partial charge in [0.05, 0.1) is 14.9 Å². The summed E-state index contributed by atoms with van der Waals surface area (Å²) in [5.74, 6) is -0.837. The van der Waals surface area contributed by atoms with Crippen LogP contribution in [0.15, 0.2) is 64.5 Å². The molecule has 1 aliphatic heterocycles. The Bertz CT molecular complexity index is 1020. The van der Waals surface area contributed by atoms with E-state index in [0.29, 0.717) is 15.6 Å². The standard InChI is InChI=1S/C17H11Cl3N2O3S/c18-12-3-5-13(6-4-12)26(24,25)22-16(23)17(8-1-9-21-17)11-2-7-14(19)15(20)10-11/h1-10H,(H,22,23). The number of carbonyl (C=O) groups is 1. The average molecular weight is 430 g/mol. The summed E-state index contributed by atoms with van der Waals surface area (Å²) in [5.41, 5.74) is -1.16. The van der Waals surface area contributed by atoms with E-state index in [4.69, 9.17) is 34.8 Å². The topological polar surface area (TPSA) is 75.6 Å². The van der Waals surface area contributed by atoms with Crippen LogP contribution >= 0.6 is 34.8 Å². The summed E-state index contributed by atoms with van der Waals surface area (Å²) >= 11 is 17.7. The van der Waals surface area contributed by atoms with Gasteiger partial charge in [0.25, 0.3) is 15.9 Å². The summed E-state index contributed by atoms with van der Waals surface area (Å²) in [4.78, 5) is 16.9.